The van der Waals surface area contributed by atoms with Crippen molar-refractivity contribution in [3.63, 3.8) is 0 Å². The van der Waals surface area contributed by atoms with E-state index in [4.69, 9.17) is 9.15 Å². The molecule has 2 aromatic rings. The molecular formula is C14H17NO2. The first kappa shape index (κ1) is 10.7. The molecule has 17 heavy (non-hydrogen) atoms. The second kappa shape index (κ2) is 3.77. The number of hydrogen-bond acceptors (Lipinski definition) is 3. The van der Waals surface area contributed by atoms with Gasteiger partial charge in [0.25, 0.3) is 0 Å². The molecule has 0 atom stereocenters. The van der Waals surface area contributed by atoms with E-state index in [2.05, 4.69) is 18.3 Å². The molecule has 1 heterocycles. The van der Waals surface area contributed by atoms with Crippen LogP contribution in [0.1, 0.15) is 25.5 Å². The third-order valence-corrected chi connectivity index (χ3v) is 3.47. The van der Waals surface area contributed by atoms with Gasteiger partial charge in [0.1, 0.15) is 5.76 Å². The predicted molar refractivity (Wildman–Crippen MR) is 67.2 cm³/mol. The van der Waals surface area contributed by atoms with Crippen LogP contribution in [0.4, 0.5) is 0 Å². The molecular weight excluding hydrogens is 214 g/mol. The van der Waals surface area contributed by atoms with E-state index in [1.165, 1.54) is 12.8 Å². The van der Waals surface area contributed by atoms with Gasteiger partial charge in [0.05, 0.1) is 13.7 Å². The summed E-state index contributed by atoms with van der Waals surface area (Å²) in [6.07, 6.45) is 2.52. The van der Waals surface area contributed by atoms with Crippen LogP contribution in [0.25, 0.3) is 11.0 Å². The zero-order valence-electron chi connectivity index (χ0n) is 10.2. The third-order valence-electron chi connectivity index (χ3n) is 3.47. The topological polar surface area (TPSA) is 34.4 Å². The van der Waals surface area contributed by atoms with Crippen molar-refractivity contribution in [2.24, 2.45) is 0 Å². The average molecular weight is 231 g/mol. The van der Waals surface area contributed by atoms with Gasteiger partial charge in [-0.3, -0.25) is 0 Å². The van der Waals surface area contributed by atoms with Crippen LogP contribution in [0.3, 0.4) is 0 Å². The lowest BCUT2D eigenvalue weighted by molar-refractivity contribution is 0.404. The first-order chi connectivity index (χ1) is 8.20. The number of rotatable bonds is 4. The minimum atomic E-state index is 0.336. The molecule has 0 amide bonds. The molecule has 0 unspecified atom stereocenters. The summed E-state index contributed by atoms with van der Waals surface area (Å²) in [5.41, 5.74) is 1.18. The van der Waals surface area contributed by atoms with Crippen molar-refractivity contribution in [3.05, 3.63) is 30.0 Å². The summed E-state index contributed by atoms with van der Waals surface area (Å²) in [6.45, 7) is 3.03. The maximum atomic E-state index is 5.83. The number of benzene rings is 1. The minimum absolute atomic E-state index is 0.336. The monoisotopic (exact) mass is 231 g/mol. The van der Waals surface area contributed by atoms with E-state index < -0.39 is 0 Å². The van der Waals surface area contributed by atoms with Gasteiger partial charge in [-0.1, -0.05) is 12.1 Å². The molecule has 1 fully saturated rings. The van der Waals surface area contributed by atoms with Gasteiger partial charge in [-0.2, -0.15) is 0 Å². The van der Waals surface area contributed by atoms with Gasteiger partial charge >= 0.3 is 0 Å². The average Bonchev–Trinajstić information content (AvgIpc) is 2.92. The van der Waals surface area contributed by atoms with Crippen LogP contribution >= 0.6 is 0 Å². The molecule has 0 aliphatic heterocycles. The molecule has 0 radical (unpaired) electrons. The Kier molecular flexibility index (Phi) is 2.37. The fourth-order valence-electron chi connectivity index (χ4n) is 2.00. The van der Waals surface area contributed by atoms with Crippen LogP contribution in [-0.2, 0) is 6.54 Å². The molecule has 1 aliphatic carbocycles. The molecule has 3 rings (SSSR count). The number of para-hydroxylation sites is 1. The Balaban J connectivity index is 1.85. The highest BCUT2D eigenvalue weighted by Crippen LogP contribution is 2.35. The van der Waals surface area contributed by atoms with E-state index in [1.54, 1.807) is 7.11 Å². The van der Waals surface area contributed by atoms with Crippen LogP contribution in [0.2, 0.25) is 0 Å². The summed E-state index contributed by atoms with van der Waals surface area (Å²) >= 11 is 0. The lowest BCUT2D eigenvalue weighted by atomic mass is 10.2. The highest BCUT2D eigenvalue weighted by atomic mass is 16.5. The number of nitrogens with one attached hydrogen (secondary N) is 1. The molecule has 0 bridgehead atoms. The largest absolute Gasteiger partial charge is 0.493 e. The van der Waals surface area contributed by atoms with Crippen molar-refractivity contribution in [2.45, 2.75) is 31.8 Å². The van der Waals surface area contributed by atoms with Gasteiger partial charge in [-0.15, -0.1) is 0 Å². The highest BCUT2D eigenvalue weighted by molar-refractivity contribution is 5.83. The standard InChI is InChI=1S/C14H17NO2/c1-14(6-7-14)15-9-11-8-10-4-3-5-12(16-2)13(10)17-11/h3-5,8,15H,6-7,9H2,1-2H3. The Morgan fingerprint density at radius 2 is 2.24 bits per heavy atom. The maximum absolute atomic E-state index is 5.83. The molecule has 1 N–H and O–H groups in total. The second-order valence-corrected chi connectivity index (χ2v) is 5.01. The molecule has 3 heteroatoms. The van der Waals surface area contributed by atoms with E-state index in [9.17, 15) is 0 Å². The van der Waals surface area contributed by atoms with E-state index in [0.29, 0.717) is 5.54 Å². The number of hydrogen-bond donors (Lipinski definition) is 1. The first-order valence-electron chi connectivity index (χ1n) is 6.01. The maximum Gasteiger partial charge on any atom is 0.176 e. The van der Waals surface area contributed by atoms with E-state index in [0.717, 1.165) is 29.0 Å². The van der Waals surface area contributed by atoms with Gasteiger partial charge in [-0.25, -0.2) is 0 Å². The lowest BCUT2D eigenvalue weighted by Crippen LogP contribution is -2.26. The molecule has 1 saturated carbocycles. The second-order valence-electron chi connectivity index (χ2n) is 5.01. The zero-order valence-corrected chi connectivity index (χ0v) is 10.2. The number of furan rings is 1. The minimum Gasteiger partial charge on any atom is -0.493 e. The van der Waals surface area contributed by atoms with Gasteiger partial charge in [0.15, 0.2) is 11.3 Å². The fraction of sp³-hybridized carbons (Fsp3) is 0.429. The van der Waals surface area contributed by atoms with Gasteiger partial charge in [-0.05, 0) is 31.9 Å². The van der Waals surface area contributed by atoms with Crippen molar-refractivity contribution in [3.8, 4) is 5.75 Å². The summed E-state index contributed by atoms with van der Waals surface area (Å²) in [5, 5.41) is 4.61. The van der Waals surface area contributed by atoms with Crippen molar-refractivity contribution in [2.75, 3.05) is 7.11 Å². The number of ether oxygens (including phenoxy) is 1. The van der Waals surface area contributed by atoms with E-state index in [1.807, 2.05) is 18.2 Å². The van der Waals surface area contributed by atoms with Crippen LogP contribution in [-0.4, -0.2) is 12.6 Å². The van der Waals surface area contributed by atoms with Crippen molar-refractivity contribution >= 4 is 11.0 Å². The van der Waals surface area contributed by atoms with Crippen LogP contribution in [0, 0.1) is 0 Å². The van der Waals surface area contributed by atoms with Crippen LogP contribution < -0.4 is 10.1 Å². The Hall–Kier alpha value is -1.48. The molecule has 0 saturated heterocycles. The zero-order chi connectivity index (χ0) is 11.9. The molecule has 1 aliphatic rings. The predicted octanol–water partition coefficient (Wildman–Crippen LogP) is 3.08. The molecule has 1 aromatic heterocycles. The van der Waals surface area contributed by atoms with Crippen molar-refractivity contribution < 1.29 is 9.15 Å². The molecule has 90 valence electrons. The summed E-state index contributed by atoms with van der Waals surface area (Å²) in [4.78, 5) is 0. The summed E-state index contributed by atoms with van der Waals surface area (Å²) < 4.78 is 11.1. The number of fused-ring (bicyclic) bond motifs is 1. The Morgan fingerprint density at radius 1 is 1.41 bits per heavy atom. The lowest BCUT2D eigenvalue weighted by Gasteiger charge is -2.08. The Bertz CT molecular complexity index is 540. The SMILES string of the molecule is COc1cccc2cc(CNC3(C)CC3)oc12. The number of methoxy groups -OCH3 is 1. The summed E-state index contributed by atoms with van der Waals surface area (Å²) in [7, 11) is 1.67. The first-order valence-corrected chi connectivity index (χ1v) is 6.01. The van der Waals surface area contributed by atoms with Crippen molar-refractivity contribution in [1.82, 2.24) is 5.32 Å². The molecule has 1 aromatic carbocycles. The summed E-state index contributed by atoms with van der Waals surface area (Å²) in [5.74, 6) is 1.77. The fourth-order valence-corrected chi connectivity index (χ4v) is 2.00. The Labute approximate surface area is 101 Å². The third kappa shape index (κ3) is 2.03. The van der Waals surface area contributed by atoms with Crippen LogP contribution in [0.5, 0.6) is 5.75 Å². The van der Waals surface area contributed by atoms with Crippen molar-refractivity contribution in [1.29, 1.82) is 0 Å². The van der Waals surface area contributed by atoms with E-state index in [-0.39, 0.29) is 0 Å². The van der Waals surface area contributed by atoms with Gasteiger partial charge < -0.3 is 14.5 Å². The molecule has 3 nitrogen and oxygen atoms in total. The van der Waals surface area contributed by atoms with Gasteiger partial charge in [0, 0.05) is 10.9 Å². The van der Waals surface area contributed by atoms with E-state index >= 15 is 0 Å². The molecule has 0 spiro atoms. The Morgan fingerprint density at radius 3 is 2.94 bits per heavy atom. The van der Waals surface area contributed by atoms with Gasteiger partial charge in [0.2, 0.25) is 0 Å². The normalized spacial score (nSPS) is 17.3. The summed E-state index contributed by atoms with van der Waals surface area (Å²) in [6, 6.07) is 8.03. The quantitative estimate of drug-likeness (QED) is 0.878. The van der Waals surface area contributed by atoms with Crippen LogP contribution in [0.15, 0.2) is 28.7 Å². The highest BCUT2D eigenvalue weighted by Gasteiger charge is 2.36. The smallest absolute Gasteiger partial charge is 0.176 e.